The van der Waals surface area contributed by atoms with E-state index in [1.807, 2.05) is 0 Å². The van der Waals surface area contributed by atoms with Crippen LogP contribution in [0.1, 0.15) is 16.7 Å². The molecule has 1 aliphatic heterocycles. The summed E-state index contributed by atoms with van der Waals surface area (Å²) in [4.78, 5) is 4.43. The second-order valence-electron chi connectivity index (χ2n) is 4.17. The van der Waals surface area contributed by atoms with Gasteiger partial charge in [0.25, 0.3) is 0 Å². The van der Waals surface area contributed by atoms with E-state index in [1.165, 1.54) is 16.7 Å². The second kappa shape index (κ2) is 4.56. The minimum Gasteiger partial charge on any atom is -0.497 e. The van der Waals surface area contributed by atoms with Gasteiger partial charge in [-0.1, -0.05) is 0 Å². The average molecular weight is 218 g/mol. The number of rotatable bonds is 3. The number of aryl methyl sites for hydroxylation is 2. The standard InChI is InChI=1S/C13H18N2O/c1-9-6-11(16-3)7-10(2)12(9)8-13-14-4-5-15-13/h6-7H,4-5,8H2,1-3H3,(H,14,15). The van der Waals surface area contributed by atoms with Gasteiger partial charge in [0, 0.05) is 13.0 Å². The number of nitrogens with zero attached hydrogens (tertiary/aromatic N) is 1. The Morgan fingerprint density at radius 3 is 2.50 bits per heavy atom. The molecule has 1 heterocycles. The zero-order chi connectivity index (χ0) is 11.5. The van der Waals surface area contributed by atoms with Crippen LogP contribution in [-0.2, 0) is 6.42 Å². The molecule has 0 unspecified atom stereocenters. The second-order valence-corrected chi connectivity index (χ2v) is 4.17. The summed E-state index contributed by atoms with van der Waals surface area (Å²) in [5.41, 5.74) is 3.90. The third-order valence-electron chi connectivity index (χ3n) is 2.99. The molecule has 0 radical (unpaired) electrons. The van der Waals surface area contributed by atoms with E-state index in [0.29, 0.717) is 0 Å². The maximum Gasteiger partial charge on any atom is 0.119 e. The lowest BCUT2D eigenvalue weighted by atomic mass is 9.99. The molecule has 2 rings (SSSR count). The fraction of sp³-hybridized carbons (Fsp3) is 0.462. The lowest BCUT2D eigenvalue weighted by molar-refractivity contribution is 0.414. The topological polar surface area (TPSA) is 33.6 Å². The summed E-state index contributed by atoms with van der Waals surface area (Å²) < 4.78 is 5.25. The van der Waals surface area contributed by atoms with Gasteiger partial charge in [0.2, 0.25) is 0 Å². The number of aliphatic imine (C=N–C) groups is 1. The summed E-state index contributed by atoms with van der Waals surface area (Å²) in [6.45, 7) is 6.13. The molecule has 0 aliphatic carbocycles. The summed E-state index contributed by atoms with van der Waals surface area (Å²) in [7, 11) is 1.70. The van der Waals surface area contributed by atoms with Crippen LogP contribution in [0.2, 0.25) is 0 Å². The first-order valence-electron chi connectivity index (χ1n) is 5.62. The molecule has 1 aliphatic rings. The highest BCUT2D eigenvalue weighted by molar-refractivity contribution is 5.86. The molecule has 3 heteroatoms. The van der Waals surface area contributed by atoms with Crippen molar-refractivity contribution in [3.05, 3.63) is 28.8 Å². The Morgan fingerprint density at radius 1 is 1.31 bits per heavy atom. The zero-order valence-corrected chi connectivity index (χ0v) is 10.1. The Morgan fingerprint density at radius 2 is 2.00 bits per heavy atom. The summed E-state index contributed by atoms with van der Waals surface area (Å²) in [5, 5.41) is 3.31. The highest BCUT2D eigenvalue weighted by atomic mass is 16.5. The van der Waals surface area contributed by atoms with Crippen molar-refractivity contribution < 1.29 is 4.74 Å². The molecule has 1 aromatic rings. The minimum absolute atomic E-state index is 0.904. The first-order valence-corrected chi connectivity index (χ1v) is 5.62. The largest absolute Gasteiger partial charge is 0.497 e. The van der Waals surface area contributed by atoms with Gasteiger partial charge in [-0.3, -0.25) is 4.99 Å². The van der Waals surface area contributed by atoms with Gasteiger partial charge in [0.05, 0.1) is 13.7 Å². The van der Waals surface area contributed by atoms with Crippen molar-refractivity contribution in [3.63, 3.8) is 0 Å². The molecule has 0 bridgehead atoms. The Kier molecular flexibility index (Phi) is 3.13. The molecule has 0 aromatic heterocycles. The number of methoxy groups -OCH3 is 1. The number of hydrogen-bond acceptors (Lipinski definition) is 3. The van der Waals surface area contributed by atoms with E-state index in [4.69, 9.17) is 4.74 Å². The van der Waals surface area contributed by atoms with Crippen LogP contribution in [0.15, 0.2) is 17.1 Å². The van der Waals surface area contributed by atoms with Crippen molar-refractivity contribution in [2.24, 2.45) is 4.99 Å². The summed E-state index contributed by atoms with van der Waals surface area (Å²) in [6.07, 6.45) is 0.904. The fourth-order valence-electron chi connectivity index (χ4n) is 2.08. The van der Waals surface area contributed by atoms with Crippen molar-refractivity contribution in [1.82, 2.24) is 5.32 Å². The molecule has 0 fully saturated rings. The third-order valence-corrected chi connectivity index (χ3v) is 2.99. The third kappa shape index (κ3) is 2.18. The first-order chi connectivity index (χ1) is 7.70. The average Bonchev–Trinajstić information content (AvgIpc) is 2.75. The van der Waals surface area contributed by atoms with Gasteiger partial charge < -0.3 is 10.1 Å². The molecule has 0 saturated carbocycles. The van der Waals surface area contributed by atoms with E-state index >= 15 is 0 Å². The van der Waals surface area contributed by atoms with Gasteiger partial charge in [0.1, 0.15) is 11.6 Å². The van der Waals surface area contributed by atoms with Crippen LogP contribution < -0.4 is 10.1 Å². The van der Waals surface area contributed by atoms with E-state index < -0.39 is 0 Å². The molecule has 3 nitrogen and oxygen atoms in total. The van der Waals surface area contributed by atoms with E-state index in [2.05, 4.69) is 36.3 Å². The van der Waals surface area contributed by atoms with Crippen LogP contribution in [-0.4, -0.2) is 26.0 Å². The SMILES string of the molecule is COc1cc(C)c(CC2=NCCN2)c(C)c1. The van der Waals surface area contributed by atoms with Crippen molar-refractivity contribution in [1.29, 1.82) is 0 Å². The highest BCUT2D eigenvalue weighted by Crippen LogP contribution is 2.22. The number of ether oxygens (including phenoxy) is 1. The predicted octanol–water partition coefficient (Wildman–Crippen LogP) is 1.86. The molecule has 0 spiro atoms. The van der Waals surface area contributed by atoms with Crippen LogP contribution in [0.25, 0.3) is 0 Å². The Hall–Kier alpha value is -1.51. The lowest BCUT2D eigenvalue weighted by Crippen LogP contribution is -2.21. The van der Waals surface area contributed by atoms with Crippen molar-refractivity contribution >= 4 is 5.84 Å². The van der Waals surface area contributed by atoms with Gasteiger partial charge in [-0.2, -0.15) is 0 Å². The van der Waals surface area contributed by atoms with Gasteiger partial charge in [-0.05, 0) is 42.7 Å². The van der Waals surface area contributed by atoms with Crippen molar-refractivity contribution in [2.45, 2.75) is 20.3 Å². The van der Waals surface area contributed by atoms with Gasteiger partial charge in [-0.25, -0.2) is 0 Å². The Balaban J connectivity index is 2.26. The van der Waals surface area contributed by atoms with Gasteiger partial charge >= 0.3 is 0 Å². The van der Waals surface area contributed by atoms with Crippen LogP contribution in [0, 0.1) is 13.8 Å². The molecular formula is C13H18N2O. The molecule has 0 amide bonds. The Labute approximate surface area is 96.5 Å². The molecule has 86 valence electrons. The number of benzene rings is 1. The number of amidine groups is 1. The van der Waals surface area contributed by atoms with E-state index in [0.717, 1.165) is 31.1 Å². The monoisotopic (exact) mass is 218 g/mol. The molecule has 0 saturated heterocycles. The molecule has 1 N–H and O–H groups in total. The minimum atomic E-state index is 0.904. The molecule has 0 atom stereocenters. The van der Waals surface area contributed by atoms with E-state index in [1.54, 1.807) is 7.11 Å². The van der Waals surface area contributed by atoms with E-state index in [9.17, 15) is 0 Å². The van der Waals surface area contributed by atoms with Crippen LogP contribution in [0.5, 0.6) is 5.75 Å². The number of hydrogen-bond donors (Lipinski definition) is 1. The van der Waals surface area contributed by atoms with Crippen molar-refractivity contribution in [2.75, 3.05) is 20.2 Å². The van der Waals surface area contributed by atoms with Crippen LogP contribution >= 0.6 is 0 Å². The van der Waals surface area contributed by atoms with Crippen LogP contribution in [0.3, 0.4) is 0 Å². The zero-order valence-electron chi connectivity index (χ0n) is 10.1. The summed E-state index contributed by atoms with van der Waals surface area (Å²) in [5.74, 6) is 2.04. The molecule has 1 aromatic carbocycles. The van der Waals surface area contributed by atoms with Crippen molar-refractivity contribution in [3.8, 4) is 5.75 Å². The highest BCUT2D eigenvalue weighted by Gasteiger charge is 2.11. The normalized spacial score (nSPS) is 14.6. The lowest BCUT2D eigenvalue weighted by Gasteiger charge is -2.12. The smallest absolute Gasteiger partial charge is 0.119 e. The quantitative estimate of drug-likeness (QED) is 0.840. The Bertz CT molecular complexity index is 401. The number of nitrogens with one attached hydrogen (secondary N) is 1. The molecule has 16 heavy (non-hydrogen) atoms. The van der Waals surface area contributed by atoms with E-state index in [-0.39, 0.29) is 0 Å². The summed E-state index contributed by atoms with van der Waals surface area (Å²) >= 11 is 0. The molecular weight excluding hydrogens is 200 g/mol. The van der Waals surface area contributed by atoms with Gasteiger partial charge in [-0.15, -0.1) is 0 Å². The summed E-state index contributed by atoms with van der Waals surface area (Å²) in [6, 6.07) is 4.16. The maximum atomic E-state index is 5.25. The van der Waals surface area contributed by atoms with Crippen LogP contribution in [0.4, 0.5) is 0 Å². The first kappa shape index (κ1) is 11.0. The van der Waals surface area contributed by atoms with Gasteiger partial charge in [0.15, 0.2) is 0 Å². The fourth-order valence-corrected chi connectivity index (χ4v) is 2.08. The predicted molar refractivity (Wildman–Crippen MR) is 66.5 cm³/mol. The maximum absolute atomic E-state index is 5.25.